The van der Waals surface area contributed by atoms with Gasteiger partial charge in [0.05, 0.1) is 5.69 Å². The average molecular weight is 516 g/mol. The molecule has 0 N–H and O–H groups in total. The van der Waals surface area contributed by atoms with E-state index in [0.717, 1.165) is 4.90 Å². The first-order valence-electron chi connectivity index (χ1n) is 9.70. The molecule has 0 aliphatic carbocycles. The number of carbonyl (C=O) groups is 2. The van der Waals surface area contributed by atoms with Crippen molar-refractivity contribution in [2.75, 3.05) is 11.4 Å². The topological polar surface area (TPSA) is 62.7 Å². The van der Waals surface area contributed by atoms with Gasteiger partial charge in [0.1, 0.15) is 6.54 Å². The van der Waals surface area contributed by atoms with Gasteiger partial charge in [-0.05, 0) is 29.3 Å². The van der Waals surface area contributed by atoms with E-state index >= 15 is 0 Å². The van der Waals surface area contributed by atoms with Crippen molar-refractivity contribution >= 4 is 29.2 Å². The van der Waals surface area contributed by atoms with Crippen LogP contribution in [0.4, 0.5) is 36.8 Å². The number of hydrogen-bond donors (Lipinski definition) is 0. The van der Waals surface area contributed by atoms with Crippen LogP contribution in [-0.4, -0.2) is 34.7 Å². The highest BCUT2D eigenvalue weighted by atomic mass is 35.5. The third-order valence-corrected chi connectivity index (χ3v) is 5.27. The Kier molecular flexibility index (Phi) is 6.32. The zero-order valence-corrected chi connectivity index (χ0v) is 18.0. The van der Waals surface area contributed by atoms with Gasteiger partial charge in [-0.1, -0.05) is 23.7 Å². The molecule has 1 aromatic heterocycles. The molecule has 182 valence electrons. The molecule has 1 aliphatic rings. The molecule has 6 nitrogen and oxygen atoms in total. The second-order valence-electron chi connectivity index (χ2n) is 7.29. The fourth-order valence-electron chi connectivity index (χ4n) is 3.50. The molecule has 2 heterocycles. The first kappa shape index (κ1) is 24.3. The number of nitrogens with zero attached hydrogens (tertiary/aromatic N) is 3. The number of alkyl halides is 3. The van der Waals surface area contributed by atoms with Crippen molar-refractivity contribution in [3.05, 3.63) is 76.8 Å². The molecule has 0 atom stereocenters. The monoisotopic (exact) mass is 515 g/mol. The summed E-state index contributed by atoms with van der Waals surface area (Å²) in [5, 5.41) is 0.489. The quantitative estimate of drug-likeness (QED) is 0.249. The molecule has 1 aliphatic heterocycles. The summed E-state index contributed by atoms with van der Waals surface area (Å²) in [5.41, 5.74) is 0.652. The van der Waals surface area contributed by atoms with Crippen LogP contribution in [0.1, 0.15) is 5.56 Å². The van der Waals surface area contributed by atoms with Gasteiger partial charge < -0.3 is 9.64 Å². The maximum absolute atomic E-state index is 14.5. The SMILES string of the molecule is O=C1CN(Cc2ccncc2-c2ccc(Cl)cc2)C(=O)N1c1cc(F)c(OC(F)(F)F)c(F)c1F. The van der Waals surface area contributed by atoms with E-state index in [1.807, 2.05) is 0 Å². The van der Waals surface area contributed by atoms with Gasteiger partial charge in [0.2, 0.25) is 11.6 Å². The van der Waals surface area contributed by atoms with E-state index in [0.29, 0.717) is 21.7 Å². The van der Waals surface area contributed by atoms with E-state index in [2.05, 4.69) is 9.72 Å². The van der Waals surface area contributed by atoms with Crippen molar-refractivity contribution in [1.29, 1.82) is 0 Å². The molecule has 13 heteroatoms. The second-order valence-corrected chi connectivity index (χ2v) is 7.73. The lowest BCUT2D eigenvalue weighted by Gasteiger charge is -2.20. The van der Waals surface area contributed by atoms with Crippen LogP contribution in [0.2, 0.25) is 5.02 Å². The van der Waals surface area contributed by atoms with Crippen molar-refractivity contribution in [3.8, 4) is 16.9 Å². The molecular weight excluding hydrogens is 504 g/mol. The average Bonchev–Trinajstić information content (AvgIpc) is 3.07. The Balaban J connectivity index is 1.64. The molecule has 4 rings (SSSR count). The third-order valence-electron chi connectivity index (χ3n) is 5.02. The van der Waals surface area contributed by atoms with Gasteiger partial charge in [0, 0.05) is 35.6 Å². The Labute approximate surface area is 198 Å². The lowest BCUT2D eigenvalue weighted by atomic mass is 10.0. The zero-order valence-electron chi connectivity index (χ0n) is 17.2. The Morgan fingerprint density at radius 3 is 2.37 bits per heavy atom. The number of benzene rings is 2. The summed E-state index contributed by atoms with van der Waals surface area (Å²) in [6.45, 7) is -0.742. The number of carbonyl (C=O) groups excluding carboxylic acids is 2. The highest BCUT2D eigenvalue weighted by Crippen LogP contribution is 2.36. The van der Waals surface area contributed by atoms with Gasteiger partial charge >= 0.3 is 12.4 Å². The molecule has 0 bridgehead atoms. The summed E-state index contributed by atoms with van der Waals surface area (Å²) in [4.78, 5) is 30.5. The maximum Gasteiger partial charge on any atom is 0.573 e. The van der Waals surface area contributed by atoms with Crippen LogP contribution in [0.3, 0.4) is 0 Å². The number of aromatic nitrogens is 1. The van der Waals surface area contributed by atoms with Gasteiger partial charge in [-0.15, -0.1) is 13.2 Å². The molecular formula is C22H12ClF6N3O3. The fraction of sp³-hybridized carbons (Fsp3) is 0.136. The molecule has 3 amide bonds. The van der Waals surface area contributed by atoms with Gasteiger partial charge in [-0.25, -0.2) is 18.5 Å². The molecule has 0 unspecified atom stereocenters. The number of urea groups is 1. The predicted octanol–water partition coefficient (Wildman–Crippen LogP) is 5.69. The minimum atomic E-state index is -5.50. The van der Waals surface area contributed by atoms with E-state index in [4.69, 9.17) is 11.6 Å². The number of pyridine rings is 1. The molecule has 0 radical (unpaired) electrons. The molecule has 1 fully saturated rings. The minimum Gasteiger partial charge on any atom is -0.399 e. The van der Waals surface area contributed by atoms with E-state index in [-0.39, 0.29) is 17.5 Å². The Hall–Kier alpha value is -3.80. The van der Waals surface area contributed by atoms with Crippen molar-refractivity contribution < 1.29 is 40.7 Å². The summed E-state index contributed by atoms with van der Waals surface area (Å²) in [6.07, 6.45) is -2.54. The third kappa shape index (κ3) is 4.87. The highest BCUT2D eigenvalue weighted by Gasteiger charge is 2.42. The number of halogens is 7. The number of imide groups is 1. The van der Waals surface area contributed by atoms with Crippen LogP contribution in [0.5, 0.6) is 5.75 Å². The first-order chi connectivity index (χ1) is 16.5. The van der Waals surface area contributed by atoms with Crippen LogP contribution in [0, 0.1) is 17.5 Å². The molecule has 1 saturated heterocycles. The normalized spacial score (nSPS) is 14.1. The van der Waals surface area contributed by atoms with Gasteiger partial charge in [-0.3, -0.25) is 9.78 Å². The van der Waals surface area contributed by atoms with E-state index < -0.39 is 53.7 Å². The Bertz CT molecular complexity index is 1320. The zero-order chi connectivity index (χ0) is 25.5. The van der Waals surface area contributed by atoms with Crippen molar-refractivity contribution in [1.82, 2.24) is 9.88 Å². The standard InChI is InChI=1S/C22H12ClF6N3O3/c23-13-3-1-11(2-4-13)14-8-30-6-5-12(14)9-31-10-17(33)32(21(31)34)16-7-15(24)20(19(26)18(16)25)35-22(27,28)29/h1-8H,9-10H2. The van der Waals surface area contributed by atoms with E-state index in [9.17, 15) is 35.9 Å². The number of hydrogen-bond acceptors (Lipinski definition) is 4. The van der Waals surface area contributed by atoms with Crippen LogP contribution in [-0.2, 0) is 11.3 Å². The number of amides is 3. The smallest absolute Gasteiger partial charge is 0.399 e. The maximum atomic E-state index is 14.5. The molecule has 35 heavy (non-hydrogen) atoms. The van der Waals surface area contributed by atoms with Gasteiger partial charge in [0.25, 0.3) is 5.91 Å². The van der Waals surface area contributed by atoms with E-state index in [1.54, 1.807) is 30.3 Å². The van der Waals surface area contributed by atoms with Crippen LogP contribution in [0.15, 0.2) is 48.8 Å². The molecule has 0 spiro atoms. The van der Waals surface area contributed by atoms with Gasteiger partial charge in [0.15, 0.2) is 11.6 Å². The van der Waals surface area contributed by atoms with Crippen LogP contribution < -0.4 is 9.64 Å². The first-order valence-corrected chi connectivity index (χ1v) is 10.1. The van der Waals surface area contributed by atoms with Crippen LogP contribution >= 0.6 is 11.6 Å². The number of anilines is 1. The van der Waals surface area contributed by atoms with Gasteiger partial charge in [-0.2, -0.15) is 4.39 Å². The number of ether oxygens (including phenoxy) is 1. The summed E-state index contributed by atoms with van der Waals surface area (Å²) in [5.74, 6) is -9.43. The number of rotatable bonds is 5. The summed E-state index contributed by atoms with van der Waals surface area (Å²) >= 11 is 5.90. The Morgan fingerprint density at radius 2 is 1.71 bits per heavy atom. The van der Waals surface area contributed by atoms with E-state index in [1.165, 1.54) is 12.4 Å². The fourth-order valence-corrected chi connectivity index (χ4v) is 3.63. The minimum absolute atomic E-state index is 0.0877. The highest BCUT2D eigenvalue weighted by molar-refractivity contribution is 6.30. The second kappa shape index (κ2) is 9.10. The molecule has 0 saturated carbocycles. The lowest BCUT2D eigenvalue weighted by molar-refractivity contribution is -0.276. The molecule has 2 aromatic carbocycles. The summed E-state index contributed by atoms with van der Waals surface area (Å²) in [6, 6.07) is 7.22. The largest absolute Gasteiger partial charge is 0.573 e. The van der Waals surface area contributed by atoms with Crippen molar-refractivity contribution in [2.45, 2.75) is 12.9 Å². The predicted molar refractivity (Wildman–Crippen MR) is 111 cm³/mol. The van der Waals surface area contributed by atoms with Crippen LogP contribution in [0.25, 0.3) is 11.1 Å². The lowest BCUT2D eigenvalue weighted by Crippen LogP contribution is -2.34. The van der Waals surface area contributed by atoms with Crippen molar-refractivity contribution in [2.24, 2.45) is 0 Å². The molecule has 3 aromatic rings. The summed E-state index contributed by atoms with van der Waals surface area (Å²) in [7, 11) is 0. The summed E-state index contributed by atoms with van der Waals surface area (Å²) < 4.78 is 83.1. The van der Waals surface area contributed by atoms with Crippen molar-refractivity contribution in [3.63, 3.8) is 0 Å². The Morgan fingerprint density at radius 1 is 1.03 bits per heavy atom.